The molecular weight excluding hydrogens is 495 g/mol. The molecule has 0 saturated heterocycles. The Morgan fingerprint density at radius 2 is 1.79 bits per heavy atom. The van der Waals surface area contributed by atoms with Crippen molar-refractivity contribution in [2.24, 2.45) is 29.4 Å². The van der Waals surface area contributed by atoms with E-state index in [4.69, 9.17) is 5.73 Å². The molecule has 0 aliphatic heterocycles. The molecule has 3 aliphatic carbocycles. The van der Waals surface area contributed by atoms with Crippen LogP contribution < -0.4 is 10.6 Å². The van der Waals surface area contributed by atoms with Crippen LogP contribution in [0.3, 0.4) is 0 Å². The smallest absolute Gasteiger partial charge is 0.235 e. The average Bonchev–Trinajstić information content (AvgIpc) is 2.83. The maximum absolute atomic E-state index is 13.9. The van der Waals surface area contributed by atoms with Gasteiger partial charge in [-0.3, -0.25) is 24.0 Å². The normalized spacial score (nSPS) is 28.4. The van der Waals surface area contributed by atoms with E-state index in [-0.39, 0.29) is 36.1 Å². The fourth-order valence-corrected chi connectivity index (χ4v) is 6.45. The first-order valence-corrected chi connectivity index (χ1v) is 12.3. The Hall–Kier alpha value is -3.92. The molecule has 2 aromatic carbocycles. The van der Waals surface area contributed by atoms with Crippen molar-refractivity contribution in [2.45, 2.75) is 31.8 Å². The van der Waals surface area contributed by atoms with Gasteiger partial charge in [-0.15, -0.1) is 0 Å². The summed E-state index contributed by atoms with van der Waals surface area (Å²) >= 11 is 0. The Labute approximate surface area is 217 Å². The third-order valence-corrected chi connectivity index (χ3v) is 8.33. The lowest BCUT2D eigenvalue weighted by Gasteiger charge is -2.48. The van der Waals surface area contributed by atoms with E-state index in [9.17, 15) is 38.6 Å². The zero-order chi connectivity index (χ0) is 27.8. The number of aliphatic hydroxyl groups is 1. The van der Waals surface area contributed by atoms with Crippen LogP contribution in [0.25, 0.3) is 11.1 Å². The fraction of sp³-hybridized carbons (Fsp3) is 0.393. The summed E-state index contributed by atoms with van der Waals surface area (Å²) in [5.74, 6) is -11.1. The highest BCUT2D eigenvalue weighted by molar-refractivity contribution is 6.31. The summed E-state index contributed by atoms with van der Waals surface area (Å²) in [6, 6.07) is 5.95. The van der Waals surface area contributed by atoms with Gasteiger partial charge >= 0.3 is 0 Å². The average molecular weight is 523 g/mol. The van der Waals surface area contributed by atoms with Crippen LogP contribution >= 0.6 is 0 Å². The number of nitrogens with two attached hydrogens (primary N) is 1. The first-order chi connectivity index (χ1) is 17.8. The van der Waals surface area contributed by atoms with Gasteiger partial charge in [-0.05, 0) is 60.6 Å². The number of fused-ring (bicyclic) bond motifs is 3. The van der Waals surface area contributed by atoms with Gasteiger partial charge in [-0.1, -0.05) is 6.07 Å². The van der Waals surface area contributed by atoms with E-state index in [1.807, 2.05) is 0 Å². The zero-order valence-corrected chi connectivity index (χ0v) is 21.1. The summed E-state index contributed by atoms with van der Waals surface area (Å²) < 4.78 is 13.9. The van der Waals surface area contributed by atoms with Gasteiger partial charge in [0.15, 0.2) is 34.7 Å². The lowest BCUT2D eigenvalue weighted by molar-refractivity contribution is -0.175. The number of amides is 1. The zero-order valence-electron chi connectivity index (χ0n) is 21.1. The van der Waals surface area contributed by atoms with Gasteiger partial charge < -0.3 is 20.8 Å². The quantitative estimate of drug-likeness (QED) is 0.513. The Kier molecular flexibility index (Phi) is 5.79. The lowest BCUT2D eigenvalue weighted by Crippen LogP contribution is -2.68. The fourth-order valence-electron chi connectivity index (χ4n) is 6.45. The molecule has 4 N–H and O–H groups in total. The molecule has 5 atom stereocenters. The van der Waals surface area contributed by atoms with Crippen molar-refractivity contribution >= 4 is 34.7 Å². The molecule has 5 rings (SSSR count). The van der Waals surface area contributed by atoms with Crippen molar-refractivity contribution in [1.29, 1.82) is 0 Å². The summed E-state index contributed by atoms with van der Waals surface area (Å²) in [7, 11) is 3.52. The molecule has 2 fully saturated rings. The summed E-state index contributed by atoms with van der Waals surface area (Å²) in [5, 5.41) is 22.7. The molecule has 0 bridgehead atoms. The minimum absolute atomic E-state index is 0.0214. The maximum Gasteiger partial charge on any atom is 0.235 e. The van der Waals surface area contributed by atoms with Crippen molar-refractivity contribution in [3.05, 3.63) is 46.8 Å². The van der Waals surface area contributed by atoms with Crippen molar-refractivity contribution in [3.8, 4) is 16.9 Å². The highest BCUT2D eigenvalue weighted by atomic mass is 19.1. The first kappa shape index (κ1) is 25.7. The number of carbonyl (C=O) groups is 5. The van der Waals surface area contributed by atoms with Gasteiger partial charge in [0.1, 0.15) is 11.6 Å². The standard InChI is InChI=1S/C28H27FN2O7/c1-11-6-12(4-5-17(11)29)15-10-18(31(2)3)16-8-13-7-14-9-19(32)22(27(30)37)26(36)28(14,38)25(35)20(13)24(34)21(16)23(15)33/h4-6,10,13-14,20,22,33,38H,7-9H2,1-3H3,(H2,30,37)/t13-,14+,20?,22?,28+/m1/s1. The number of halogens is 1. The number of phenolic OH excluding ortho intramolecular Hbond substituents is 1. The SMILES string of the molecule is Cc1cc(-c2cc(N(C)C)c3c(c2O)C(=O)C2C(=O)[C@]4(O)C(=O)C(C(N)=O)C(=O)C[C@@H]4C[C@@H]2C3)ccc1F. The molecular formula is C28H27FN2O7. The number of nitrogens with zero attached hydrogens (tertiary/aromatic N) is 1. The van der Waals surface area contributed by atoms with Crippen molar-refractivity contribution in [2.75, 3.05) is 19.0 Å². The van der Waals surface area contributed by atoms with Crippen LogP contribution in [-0.2, 0) is 25.6 Å². The number of hydrogen-bond donors (Lipinski definition) is 3. The van der Waals surface area contributed by atoms with Crippen LogP contribution in [0.4, 0.5) is 10.1 Å². The third-order valence-electron chi connectivity index (χ3n) is 8.33. The van der Waals surface area contributed by atoms with E-state index in [1.54, 1.807) is 32.0 Å². The highest BCUT2D eigenvalue weighted by Crippen LogP contribution is 2.52. The number of aryl methyl sites for hydroxylation is 1. The molecule has 3 aliphatic rings. The van der Waals surface area contributed by atoms with Crippen molar-refractivity contribution in [3.63, 3.8) is 0 Å². The van der Waals surface area contributed by atoms with Crippen LogP contribution in [0.15, 0.2) is 24.3 Å². The number of carbonyl (C=O) groups excluding carboxylic acids is 5. The van der Waals surface area contributed by atoms with Gasteiger partial charge in [0, 0.05) is 37.7 Å². The van der Waals surface area contributed by atoms with Gasteiger partial charge in [0.25, 0.3) is 0 Å². The number of hydrogen-bond acceptors (Lipinski definition) is 8. The minimum Gasteiger partial charge on any atom is -0.507 e. The van der Waals surface area contributed by atoms with Crippen molar-refractivity contribution < 1.29 is 38.6 Å². The predicted molar refractivity (Wildman–Crippen MR) is 133 cm³/mol. The van der Waals surface area contributed by atoms with E-state index < -0.39 is 64.1 Å². The number of Topliss-reactive ketones (excluding diaryl/α,β-unsaturated/α-hetero) is 4. The van der Waals surface area contributed by atoms with E-state index in [1.165, 1.54) is 18.2 Å². The predicted octanol–water partition coefficient (Wildman–Crippen LogP) is 1.51. The molecule has 198 valence electrons. The second-order valence-corrected chi connectivity index (χ2v) is 10.7. The van der Waals surface area contributed by atoms with E-state index in [0.717, 1.165) is 0 Å². The lowest BCUT2D eigenvalue weighted by atomic mass is 9.53. The molecule has 38 heavy (non-hydrogen) atoms. The number of aromatic hydroxyl groups is 1. The Morgan fingerprint density at radius 1 is 1.11 bits per heavy atom. The summed E-state index contributed by atoms with van der Waals surface area (Å²) in [4.78, 5) is 66.8. The summed E-state index contributed by atoms with van der Waals surface area (Å²) in [5.41, 5.74) is 4.59. The number of benzene rings is 2. The number of ketones is 4. The number of anilines is 1. The molecule has 9 nitrogen and oxygen atoms in total. The van der Waals surface area contributed by atoms with Gasteiger partial charge in [0.05, 0.1) is 11.5 Å². The summed E-state index contributed by atoms with van der Waals surface area (Å²) in [6.07, 6.45) is -0.191. The Balaban J connectivity index is 1.66. The number of rotatable bonds is 3. The molecule has 2 saturated carbocycles. The van der Waals surface area contributed by atoms with E-state index in [2.05, 4.69) is 0 Å². The Morgan fingerprint density at radius 3 is 2.39 bits per heavy atom. The van der Waals surface area contributed by atoms with Crippen LogP contribution in [0.2, 0.25) is 0 Å². The Bertz CT molecular complexity index is 1470. The molecule has 0 aromatic heterocycles. The van der Waals surface area contributed by atoms with Crippen LogP contribution in [-0.4, -0.2) is 58.9 Å². The molecule has 10 heteroatoms. The number of phenols is 1. The molecule has 2 aromatic rings. The van der Waals surface area contributed by atoms with Gasteiger partial charge in [-0.2, -0.15) is 0 Å². The minimum atomic E-state index is -2.70. The van der Waals surface area contributed by atoms with Crippen LogP contribution in [0.1, 0.15) is 34.3 Å². The van der Waals surface area contributed by atoms with E-state index in [0.29, 0.717) is 22.4 Å². The summed E-state index contributed by atoms with van der Waals surface area (Å²) in [6.45, 7) is 1.57. The molecule has 0 spiro atoms. The second-order valence-electron chi connectivity index (χ2n) is 10.7. The molecule has 2 unspecified atom stereocenters. The highest BCUT2D eigenvalue weighted by Gasteiger charge is 2.66. The monoisotopic (exact) mass is 522 g/mol. The van der Waals surface area contributed by atoms with Crippen LogP contribution in [0, 0.1) is 36.4 Å². The van der Waals surface area contributed by atoms with Crippen LogP contribution in [0.5, 0.6) is 5.75 Å². The second kappa shape index (κ2) is 8.56. The van der Waals surface area contributed by atoms with Gasteiger partial charge in [0.2, 0.25) is 5.91 Å². The largest absolute Gasteiger partial charge is 0.507 e. The third kappa shape index (κ3) is 3.43. The number of primary amides is 1. The molecule has 0 radical (unpaired) electrons. The van der Waals surface area contributed by atoms with E-state index >= 15 is 0 Å². The van der Waals surface area contributed by atoms with Gasteiger partial charge in [-0.25, -0.2) is 4.39 Å². The molecule has 1 amide bonds. The molecule has 0 heterocycles. The topological polar surface area (TPSA) is 155 Å². The maximum atomic E-state index is 13.9. The first-order valence-electron chi connectivity index (χ1n) is 12.3. The van der Waals surface area contributed by atoms with Crippen molar-refractivity contribution in [1.82, 2.24) is 0 Å².